The summed E-state index contributed by atoms with van der Waals surface area (Å²) < 4.78 is 9.58. The Labute approximate surface area is 360 Å². The molecule has 2 aliphatic rings. The summed E-state index contributed by atoms with van der Waals surface area (Å²) in [4.78, 5) is 2.45. The molecule has 0 N–H and O–H groups in total. The van der Waals surface area contributed by atoms with Crippen LogP contribution in [0, 0.1) is 0 Å². The number of hydrogen-bond acceptors (Lipinski definition) is 2. The number of benzene rings is 9. The van der Waals surface area contributed by atoms with E-state index in [9.17, 15) is 0 Å². The van der Waals surface area contributed by atoms with Gasteiger partial charge in [0.2, 0.25) is 0 Å². The van der Waals surface area contributed by atoms with Gasteiger partial charge in [0, 0.05) is 38.6 Å². The Bertz CT molecular complexity index is 3570. The highest BCUT2D eigenvalue weighted by Gasteiger charge is 2.52. The lowest BCUT2D eigenvalue weighted by molar-refractivity contribution is 0.590. The molecule has 62 heavy (non-hydrogen) atoms. The van der Waals surface area contributed by atoms with Crippen LogP contribution in [0.2, 0.25) is 0 Å². The third kappa shape index (κ3) is 4.65. The highest BCUT2D eigenvalue weighted by Crippen LogP contribution is 2.65. The standard InChI is InChI=1S/C59H42N2O/c1-58(2,3)37-29-31-39(32-30-37)60(40-33-34-52-46(35-40)43-21-10-15-27-51(43)61(52)38-17-5-4-6-18-38)53-36-50-55(56-45-23-11-16-28-54(45)62-57(53)56)44-22-9-14-26-49(44)59(50)47-24-12-7-19-41(47)42-20-8-13-25-48(42)59/h4-36H,1-3H3. The van der Waals surface area contributed by atoms with Crippen LogP contribution in [0.4, 0.5) is 17.1 Å². The maximum atomic E-state index is 7.19. The molecule has 2 aliphatic carbocycles. The summed E-state index contributed by atoms with van der Waals surface area (Å²) in [5.74, 6) is 0. The monoisotopic (exact) mass is 794 g/mol. The van der Waals surface area contributed by atoms with Crippen LogP contribution < -0.4 is 4.90 Å². The molecule has 0 aliphatic heterocycles. The zero-order valence-corrected chi connectivity index (χ0v) is 34.9. The fourth-order valence-electron chi connectivity index (χ4n) is 11.1. The molecule has 13 rings (SSSR count). The van der Waals surface area contributed by atoms with E-state index in [-0.39, 0.29) is 5.41 Å². The van der Waals surface area contributed by atoms with Crippen molar-refractivity contribution in [3.63, 3.8) is 0 Å². The topological polar surface area (TPSA) is 21.3 Å². The number of nitrogens with zero attached hydrogens (tertiary/aromatic N) is 2. The third-order valence-corrected chi connectivity index (χ3v) is 13.7. The van der Waals surface area contributed by atoms with Crippen LogP contribution in [-0.2, 0) is 10.8 Å². The van der Waals surface area contributed by atoms with Crippen molar-refractivity contribution in [2.24, 2.45) is 0 Å². The third-order valence-electron chi connectivity index (χ3n) is 13.7. The first-order valence-electron chi connectivity index (χ1n) is 21.7. The van der Waals surface area contributed by atoms with Gasteiger partial charge in [-0.15, -0.1) is 0 Å². The molecule has 1 spiro atoms. The van der Waals surface area contributed by atoms with Gasteiger partial charge in [-0.3, -0.25) is 0 Å². The summed E-state index contributed by atoms with van der Waals surface area (Å²) in [7, 11) is 0. The molecule has 2 heterocycles. The first-order valence-corrected chi connectivity index (χ1v) is 21.7. The summed E-state index contributed by atoms with van der Waals surface area (Å²) >= 11 is 0. The van der Waals surface area contributed by atoms with Gasteiger partial charge < -0.3 is 13.9 Å². The lowest BCUT2D eigenvalue weighted by Crippen LogP contribution is -2.26. The number of aromatic nitrogens is 1. The highest BCUT2D eigenvalue weighted by atomic mass is 16.3. The van der Waals surface area contributed by atoms with Crippen molar-refractivity contribution >= 4 is 60.8 Å². The molecule has 11 aromatic rings. The molecule has 3 heteroatoms. The maximum absolute atomic E-state index is 7.19. The van der Waals surface area contributed by atoms with Crippen LogP contribution >= 0.6 is 0 Å². The minimum Gasteiger partial charge on any atom is -0.454 e. The molecule has 294 valence electrons. The number of para-hydroxylation sites is 3. The molecule has 9 aromatic carbocycles. The second-order valence-corrected chi connectivity index (χ2v) is 18.0. The van der Waals surface area contributed by atoms with Gasteiger partial charge in [0.15, 0.2) is 5.58 Å². The molecular formula is C59H42N2O. The zero-order chi connectivity index (χ0) is 41.3. The van der Waals surface area contributed by atoms with E-state index in [2.05, 4.69) is 230 Å². The van der Waals surface area contributed by atoms with Crippen molar-refractivity contribution in [2.45, 2.75) is 31.6 Å². The number of hydrogen-bond donors (Lipinski definition) is 0. The summed E-state index contributed by atoms with van der Waals surface area (Å²) in [6, 6.07) is 74.0. The molecule has 0 bridgehead atoms. The van der Waals surface area contributed by atoms with E-state index in [0.717, 1.165) is 44.7 Å². The van der Waals surface area contributed by atoms with Crippen LogP contribution in [0.1, 0.15) is 48.6 Å². The number of rotatable bonds is 4. The number of furan rings is 1. The van der Waals surface area contributed by atoms with Crippen molar-refractivity contribution in [1.82, 2.24) is 4.57 Å². The van der Waals surface area contributed by atoms with E-state index in [1.54, 1.807) is 0 Å². The Morgan fingerprint density at radius 1 is 0.468 bits per heavy atom. The minimum absolute atomic E-state index is 0.00250. The predicted octanol–water partition coefficient (Wildman–Crippen LogP) is 15.8. The fourth-order valence-corrected chi connectivity index (χ4v) is 11.1. The van der Waals surface area contributed by atoms with Gasteiger partial charge in [0.1, 0.15) is 5.58 Å². The van der Waals surface area contributed by atoms with Crippen LogP contribution in [0.15, 0.2) is 205 Å². The van der Waals surface area contributed by atoms with Gasteiger partial charge in [0.25, 0.3) is 0 Å². The van der Waals surface area contributed by atoms with E-state index >= 15 is 0 Å². The first-order chi connectivity index (χ1) is 30.4. The molecule has 0 saturated carbocycles. The summed E-state index contributed by atoms with van der Waals surface area (Å²) in [5, 5.41) is 4.68. The van der Waals surface area contributed by atoms with Crippen LogP contribution in [0.3, 0.4) is 0 Å². The van der Waals surface area contributed by atoms with Gasteiger partial charge in [-0.25, -0.2) is 0 Å². The number of fused-ring (bicyclic) bond motifs is 17. The largest absolute Gasteiger partial charge is 0.454 e. The first kappa shape index (κ1) is 35.2. The predicted molar refractivity (Wildman–Crippen MR) is 258 cm³/mol. The molecule has 0 fully saturated rings. The Morgan fingerprint density at radius 3 is 1.74 bits per heavy atom. The molecule has 0 unspecified atom stereocenters. The summed E-state index contributed by atoms with van der Waals surface area (Å²) in [6.45, 7) is 6.84. The fraction of sp³-hybridized carbons (Fsp3) is 0.0847. The maximum Gasteiger partial charge on any atom is 0.160 e. The van der Waals surface area contributed by atoms with E-state index in [1.807, 2.05) is 0 Å². The normalized spacial score (nSPS) is 13.5. The molecule has 3 nitrogen and oxygen atoms in total. The molecule has 0 atom stereocenters. The highest BCUT2D eigenvalue weighted by molar-refractivity contribution is 6.20. The Balaban J connectivity index is 1.17. The van der Waals surface area contributed by atoms with E-state index in [4.69, 9.17) is 4.42 Å². The van der Waals surface area contributed by atoms with Crippen LogP contribution in [0.25, 0.3) is 71.7 Å². The number of anilines is 3. The lowest BCUT2D eigenvalue weighted by atomic mass is 9.70. The smallest absolute Gasteiger partial charge is 0.160 e. The minimum atomic E-state index is -0.532. The van der Waals surface area contributed by atoms with Crippen molar-refractivity contribution in [3.8, 4) is 27.9 Å². The average Bonchev–Trinajstić information content (AvgIpc) is 4.03. The van der Waals surface area contributed by atoms with Crippen molar-refractivity contribution in [2.75, 3.05) is 4.90 Å². The second kappa shape index (κ2) is 12.7. The van der Waals surface area contributed by atoms with Crippen LogP contribution in [-0.4, -0.2) is 4.57 Å². The van der Waals surface area contributed by atoms with Gasteiger partial charge in [0.05, 0.1) is 22.1 Å². The molecule has 2 aromatic heterocycles. The Kier molecular flexibility index (Phi) is 7.20. The van der Waals surface area contributed by atoms with Gasteiger partial charge >= 0.3 is 0 Å². The van der Waals surface area contributed by atoms with Gasteiger partial charge in [-0.2, -0.15) is 0 Å². The van der Waals surface area contributed by atoms with Crippen molar-refractivity contribution in [3.05, 3.63) is 228 Å². The molecule has 0 amide bonds. The molecule has 0 saturated heterocycles. The molecular weight excluding hydrogens is 753 g/mol. The lowest BCUT2D eigenvalue weighted by Gasteiger charge is -2.32. The zero-order valence-electron chi connectivity index (χ0n) is 34.9. The van der Waals surface area contributed by atoms with Crippen LogP contribution in [0.5, 0.6) is 0 Å². The van der Waals surface area contributed by atoms with Gasteiger partial charge in [-0.1, -0.05) is 160 Å². The van der Waals surface area contributed by atoms with Crippen molar-refractivity contribution in [1.29, 1.82) is 0 Å². The Morgan fingerprint density at radius 2 is 1.03 bits per heavy atom. The van der Waals surface area contributed by atoms with E-state index < -0.39 is 5.41 Å². The quantitative estimate of drug-likeness (QED) is 0.177. The van der Waals surface area contributed by atoms with Gasteiger partial charge in [-0.05, 0) is 116 Å². The van der Waals surface area contributed by atoms with E-state index in [0.29, 0.717) is 0 Å². The van der Waals surface area contributed by atoms with E-state index in [1.165, 1.54) is 71.9 Å². The molecule has 0 radical (unpaired) electrons. The Hall–Kier alpha value is -7.62. The SMILES string of the molecule is CC(C)(C)c1ccc(N(c2ccc3c(c2)c2ccccc2n3-c2ccccc2)c2cc3c(c4c2oc2ccccc24)-c2ccccc2C32c3ccccc3-c3ccccc32)cc1. The average molecular weight is 795 g/mol. The van der Waals surface area contributed by atoms with Crippen molar-refractivity contribution < 1.29 is 4.42 Å². The second-order valence-electron chi connectivity index (χ2n) is 18.0. The summed E-state index contributed by atoms with van der Waals surface area (Å²) in [5.41, 5.74) is 19.5. The summed E-state index contributed by atoms with van der Waals surface area (Å²) in [6.07, 6.45) is 0.